The van der Waals surface area contributed by atoms with Crippen molar-refractivity contribution in [2.75, 3.05) is 4.72 Å². The van der Waals surface area contributed by atoms with Gasteiger partial charge < -0.3 is 10.2 Å². The van der Waals surface area contributed by atoms with Crippen LogP contribution in [0.25, 0.3) is 0 Å². The molecule has 28 heavy (non-hydrogen) atoms. The fourth-order valence-corrected chi connectivity index (χ4v) is 3.42. The lowest BCUT2D eigenvalue weighted by atomic mass is 10.00. The van der Waals surface area contributed by atoms with E-state index >= 15 is 0 Å². The molecule has 1 heterocycles. The molecule has 2 aromatic rings. The number of pyridine rings is 1. The number of nitrogens with one attached hydrogen (secondary N) is 1. The predicted octanol–water partition coefficient (Wildman–Crippen LogP) is 3.19. The van der Waals surface area contributed by atoms with E-state index in [1.165, 1.54) is 42.6 Å². The van der Waals surface area contributed by atoms with Gasteiger partial charge in [0.1, 0.15) is 11.6 Å². The molecule has 1 aromatic carbocycles. The van der Waals surface area contributed by atoms with Crippen molar-refractivity contribution in [1.29, 1.82) is 0 Å². The van der Waals surface area contributed by atoms with Gasteiger partial charge in [0.05, 0.1) is 22.2 Å². The van der Waals surface area contributed by atoms with Gasteiger partial charge in [0.25, 0.3) is 10.0 Å². The van der Waals surface area contributed by atoms with Crippen LogP contribution >= 0.6 is 0 Å². The molecule has 0 fully saturated rings. The maximum absolute atomic E-state index is 12.4. The molecular formula is C18H16N4O5S. The minimum absolute atomic E-state index is 0.0155. The summed E-state index contributed by atoms with van der Waals surface area (Å²) in [5.74, 6) is -1.30. The third kappa shape index (κ3) is 4.60. The summed E-state index contributed by atoms with van der Waals surface area (Å²) in [6.07, 6.45) is 4.31. The number of carbonyl (C=O) groups is 1. The molecule has 1 aliphatic carbocycles. The van der Waals surface area contributed by atoms with Crippen LogP contribution in [0.2, 0.25) is 0 Å². The lowest BCUT2D eigenvalue weighted by molar-refractivity contribution is -0.133. The summed E-state index contributed by atoms with van der Waals surface area (Å²) in [5, 5.41) is 26.6. The number of azo groups is 1. The molecule has 0 aliphatic heterocycles. The number of aliphatic hydroxyl groups is 1. The van der Waals surface area contributed by atoms with Crippen LogP contribution in [-0.4, -0.2) is 35.6 Å². The summed E-state index contributed by atoms with van der Waals surface area (Å²) in [5.41, 5.74) is 0.273. The SMILES string of the molecule is O=C(O)C1=C(O)C=CC(/N=N/c2ccc(S(=O)(=O)Nc3ccccn3)cc2)C1. The molecule has 0 amide bonds. The Morgan fingerprint density at radius 2 is 1.93 bits per heavy atom. The number of aliphatic carboxylic acids is 1. The fourth-order valence-electron chi connectivity index (χ4n) is 2.41. The molecule has 1 atom stereocenters. The van der Waals surface area contributed by atoms with Crippen molar-refractivity contribution >= 4 is 27.5 Å². The zero-order valence-corrected chi connectivity index (χ0v) is 15.2. The second-order valence-corrected chi connectivity index (χ2v) is 7.51. The fraction of sp³-hybridized carbons (Fsp3) is 0.111. The van der Waals surface area contributed by atoms with Crippen LogP contribution in [0.15, 0.2) is 87.3 Å². The summed E-state index contributed by atoms with van der Waals surface area (Å²) in [7, 11) is -3.78. The van der Waals surface area contributed by atoms with E-state index < -0.39 is 22.0 Å². The van der Waals surface area contributed by atoms with Gasteiger partial charge in [-0.2, -0.15) is 10.2 Å². The van der Waals surface area contributed by atoms with Crippen molar-refractivity contribution < 1.29 is 23.4 Å². The highest BCUT2D eigenvalue weighted by Crippen LogP contribution is 2.23. The second kappa shape index (κ2) is 8.01. The summed E-state index contributed by atoms with van der Waals surface area (Å²) in [6.45, 7) is 0. The third-order valence-electron chi connectivity index (χ3n) is 3.83. The number of sulfonamides is 1. The van der Waals surface area contributed by atoms with Crippen molar-refractivity contribution in [2.45, 2.75) is 17.4 Å². The number of rotatable bonds is 6. The highest BCUT2D eigenvalue weighted by atomic mass is 32.2. The van der Waals surface area contributed by atoms with Crippen LogP contribution in [0.1, 0.15) is 6.42 Å². The Kier molecular flexibility index (Phi) is 5.50. The number of nitrogens with zero attached hydrogens (tertiary/aromatic N) is 3. The molecule has 0 bridgehead atoms. The lowest BCUT2D eigenvalue weighted by Crippen LogP contribution is -2.14. The molecule has 3 rings (SSSR count). The first-order chi connectivity index (χ1) is 13.3. The van der Waals surface area contributed by atoms with Gasteiger partial charge in [-0.05, 0) is 42.5 Å². The van der Waals surface area contributed by atoms with E-state index in [9.17, 15) is 18.3 Å². The van der Waals surface area contributed by atoms with Crippen molar-refractivity contribution in [3.05, 3.63) is 72.1 Å². The van der Waals surface area contributed by atoms with E-state index in [2.05, 4.69) is 19.9 Å². The molecule has 0 radical (unpaired) electrons. The Balaban J connectivity index is 1.69. The zero-order valence-electron chi connectivity index (χ0n) is 14.4. The van der Waals surface area contributed by atoms with Gasteiger partial charge in [0.2, 0.25) is 0 Å². The van der Waals surface area contributed by atoms with Crippen LogP contribution in [0.4, 0.5) is 11.5 Å². The van der Waals surface area contributed by atoms with E-state index in [1.807, 2.05) is 0 Å². The molecule has 1 aliphatic rings. The zero-order chi connectivity index (χ0) is 20.1. The van der Waals surface area contributed by atoms with Gasteiger partial charge in [0, 0.05) is 12.6 Å². The van der Waals surface area contributed by atoms with Gasteiger partial charge in [-0.15, -0.1) is 0 Å². The van der Waals surface area contributed by atoms with Gasteiger partial charge in [-0.3, -0.25) is 4.72 Å². The Morgan fingerprint density at radius 1 is 1.18 bits per heavy atom. The average molecular weight is 400 g/mol. The van der Waals surface area contributed by atoms with Crippen LogP contribution < -0.4 is 4.72 Å². The summed E-state index contributed by atoms with van der Waals surface area (Å²) < 4.78 is 27.1. The summed E-state index contributed by atoms with van der Waals surface area (Å²) in [4.78, 5) is 15.0. The molecule has 1 unspecified atom stereocenters. The van der Waals surface area contributed by atoms with Crippen LogP contribution in [0.5, 0.6) is 0 Å². The van der Waals surface area contributed by atoms with Crippen molar-refractivity contribution in [1.82, 2.24) is 4.98 Å². The standard InChI is InChI=1S/C18H16N4O5S/c23-16-9-6-13(11-15(16)18(24)25)21-20-12-4-7-14(8-5-12)28(26,27)22-17-3-1-2-10-19-17/h1-10,13,23H,11H2,(H,19,22)(H,24,25)/b21-20+. The smallest absolute Gasteiger partial charge is 0.335 e. The van der Waals surface area contributed by atoms with Crippen LogP contribution in [0.3, 0.4) is 0 Å². The van der Waals surface area contributed by atoms with Crippen molar-refractivity contribution in [2.24, 2.45) is 10.2 Å². The lowest BCUT2D eigenvalue weighted by Gasteiger charge is -2.13. The molecular weight excluding hydrogens is 384 g/mol. The first-order valence-electron chi connectivity index (χ1n) is 8.13. The van der Waals surface area contributed by atoms with E-state index in [0.717, 1.165) is 0 Å². The Hall–Kier alpha value is -3.53. The molecule has 3 N–H and O–H groups in total. The third-order valence-corrected chi connectivity index (χ3v) is 5.20. The Labute approximate surface area is 160 Å². The van der Waals surface area contributed by atoms with Gasteiger partial charge in [-0.1, -0.05) is 12.1 Å². The van der Waals surface area contributed by atoms with E-state index in [-0.39, 0.29) is 28.5 Å². The number of hydrogen-bond donors (Lipinski definition) is 3. The number of hydrogen-bond acceptors (Lipinski definition) is 7. The van der Waals surface area contributed by atoms with Crippen molar-refractivity contribution in [3.8, 4) is 0 Å². The quantitative estimate of drug-likeness (QED) is 0.636. The van der Waals surface area contributed by atoms with E-state index in [0.29, 0.717) is 5.69 Å². The maximum atomic E-state index is 12.4. The molecule has 0 spiro atoms. The number of carboxylic acid groups (broad SMARTS) is 1. The predicted molar refractivity (Wildman–Crippen MR) is 101 cm³/mol. The number of benzene rings is 1. The normalized spacial score (nSPS) is 17.1. The molecule has 1 aromatic heterocycles. The van der Waals surface area contributed by atoms with E-state index in [4.69, 9.17) is 5.11 Å². The average Bonchev–Trinajstić information content (AvgIpc) is 2.68. The van der Waals surface area contributed by atoms with Crippen LogP contribution in [0, 0.1) is 0 Å². The second-order valence-electron chi connectivity index (χ2n) is 5.83. The topological polar surface area (TPSA) is 141 Å². The number of carboxylic acids is 1. The number of allylic oxidation sites excluding steroid dienone is 1. The Morgan fingerprint density at radius 3 is 2.57 bits per heavy atom. The molecule has 144 valence electrons. The summed E-state index contributed by atoms with van der Waals surface area (Å²) >= 11 is 0. The number of aromatic nitrogens is 1. The molecule has 0 saturated heterocycles. The highest BCUT2D eigenvalue weighted by molar-refractivity contribution is 7.92. The largest absolute Gasteiger partial charge is 0.507 e. The summed E-state index contributed by atoms with van der Waals surface area (Å²) in [6, 6.07) is 10.1. The molecule has 0 saturated carbocycles. The first kappa shape index (κ1) is 19.2. The molecule has 10 heteroatoms. The number of aliphatic hydroxyl groups excluding tert-OH is 1. The van der Waals surface area contributed by atoms with E-state index in [1.54, 1.807) is 18.2 Å². The van der Waals surface area contributed by atoms with Gasteiger partial charge >= 0.3 is 5.97 Å². The van der Waals surface area contributed by atoms with Crippen molar-refractivity contribution in [3.63, 3.8) is 0 Å². The van der Waals surface area contributed by atoms with Gasteiger partial charge in [0.15, 0.2) is 0 Å². The minimum atomic E-state index is -3.78. The first-order valence-corrected chi connectivity index (χ1v) is 9.62. The molecule has 9 nitrogen and oxygen atoms in total. The minimum Gasteiger partial charge on any atom is -0.507 e. The van der Waals surface area contributed by atoms with Crippen LogP contribution in [-0.2, 0) is 14.8 Å². The Bertz CT molecular complexity index is 1060. The maximum Gasteiger partial charge on any atom is 0.335 e. The highest BCUT2D eigenvalue weighted by Gasteiger charge is 2.21. The number of anilines is 1. The van der Waals surface area contributed by atoms with Gasteiger partial charge in [-0.25, -0.2) is 18.2 Å². The monoisotopic (exact) mass is 400 g/mol.